The van der Waals surface area contributed by atoms with Crippen LogP contribution in [0.1, 0.15) is 32.1 Å². The Morgan fingerprint density at radius 2 is 1.86 bits per heavy atom. The molecule has 14 heavy (non-hydrogen) atoms. The number of unbranched alkanes of at least 4 members (excludes halogenated alkanes) is 1. The van der Waals surface area contributed by atoms with Gasteiger partial charge in [0.25, 0.3) is 0 Å². The Bertz CT molecular complexity index is 186. The van der Waals surface area contributed by atoms with Gasteiger partial charge in [-0.2, -0.15) is 0 Å². The molecule has 0 atom stereocenters. The number of halogens is 1. The van der Waals surface area contributed by atoms with Gasteiger partial charge in [-0.05, 0) is 19.3 Å². The first kappa shape index (κ1) is 13.4. The Hall–Kier alpha value is -0.580. The first-order valence-electron chi connectivity index (χ1n) is 4.77. The molecule has 0 spiro atoms. The monoisotopic (exact) mass is 264 g/mol. The molecule has 0 saturated carbocycles. The van der Waals surface area contributed by atoms with E-state index in [4.69, 9.17) is 5.73 Å². The van der Waals surface area contributed by atoms with E-state index in [9.17, 15) is 9.59 Å². The van der Waals surface area contributed by atoms with E-state index >= 15 is 0 Å². The first-order valence-corrected chi connectivity index (χ1v) is 5.90. The van der Waals surface area contributed by atoms with Crippen LogP contribution in [-0.2, 0) is 9.59 Å². The molecule has 0 aliphatic heterocycles. The molecule has 0 aliphatic rings. The maximum Gasteiger partial charge on any atom is 0.219 e. The molecule has 82 valence electrons. The molecule has 0 radical (unpaired) electrons. The van der Waals surface area contributed by atoms with Crippen LogP contribution in [0.15, 0.2) is 0 Å². The maximum atomic E-state index is 11.1. The van der Waals surface area contributed by atoms with E-state index in [-0.39, 0.29) is 11.8 Å². The van der Waals surface area contributed by atoms with Crippen molar-refractivity contribution < 1.29 is 9.59 Å². The highest BCUT2D eigenvalue weighted by molar-refractivity contribution is 9.09. The average molecular weight is 265 g/mol. The number of carbonyl (C=O) groups is 2. The third-order valence-corrected chi connectivity index (χ3v) is 2.27. The molecule has 0 aromatic rings. The average Bonchev–Trinajstić information content (AvgIpc) is 2.13. The van der Waals surface area contributed by atoms with Crippen molar-refractivity contribution in [3.05, 3.63) is 0 Å². The Kier molecular flexibility index (Phi) is 8.62. The van der Waals surface area contributed by atoms with Crippen molar-refractivity contribution in [2.75, 3.05) is 11.9 Å². The van der Waals surface area contributed by atoms with Gasteiger partial charge in [-0.1, -0.05) is 15.9 Å². The second-order valence-electron chi connectivity index (χ2n) is 3.07. The normalized spacial score (nSPS) is 9.79. The molecule has 0 heterocycles. The zero-order valence-corrected chi connectivity index (χ0v) is 9.81. The van der Waals surface area contributed by atoms with Crippen LogP contribution in [0.2, 0.25) is 0 Å². The van der Waals surface area contributed by atoms with Crippen molar-refractivity contribution in [1.82, 2.24) is 5.32 Å². The Balaban J connectivity index is 3.22. The highest BCUT2D eigenvalue weighted by Gasteiger charge is 2.00. The minimum absolute atomic E-state index is 0.0513. The minimum atomic E-state index is -0.321. The number of alkyl halides is 1. The van der Waals surface area contributed by atoms with E-state index in [1.165, 1.54) is 0 Å². The van der Waals surface area contributed by atoms with Gasteiger partial charge in [0.15, 0.2) is 0 Å². The number of carbonyl (C=O) groups excluding carboxylic acids is 2. The molecule has 0 aromatic heterocycles. The molecule has 0 unspecified atom stereocenters. The predicted molar refractivity (Wildman–Crippen MR) is 59.1 cm³/mol. The van der Waals surface area contributed by atoms with Crippen LogP contribution in [0.3, 0.4) is 0 Å². The van der Waals surface area contributed by atoms with E-state index in [1.54, 1.807) is 0 Å². The summed E-state index contributed by atoms with van der Waals surface area (Å²) in [5.41, 5.74) is 4.95. The van der Waals surface area contributed by atoms with Crippen LogP contribution in [0, 0.1) is 0 Å². The summed E-state index contributed by atoms with van der Waals surface area (Å²) in [6.45, 7) is 0.538. The van der Waals surface area contributed by atoms with E-state index in [0.717, 1.165) is 18.2 Å². The number of hydrogen-bond acceptors (Lipinski definition) is 2. The topological polar surface area (TPSA) is 72.2 Å². The van der Waals surface area contributed by atoms with Crippen molar-refractivity contribution in [3.8, 4) is 0 Å². The number of primary amides is 1. The van der Waals surface area contributed by atoms with Crippen LogP contribution in [-0.4, -0.2) is 23.7 Å². The number of hydrogen-bond donors (Lipinski definition) is 2. The molecule has 2 amide bonds. The van der Waals surface area contributed by atoms with Crippen molar-refractivity contribution in [1.29, 1.82) is 0 Å². The lowest BCUT2D eigenvalue weighted by Crippen LogP contribution is -2.25. The van der Waals surface area contributed by atoms with Crippen LogP contribution in [0.25, 0.3) is 0 Å². The van der Waals surface area contributed by atoms with Crippen molar-refractivity contribution in [3.63, 3.8) is 0 Å². The molecular weight excluding hydrogens is 248 g/mol. The molecule has 0 aliphatic carbocycles. The number of nitrogens with one attached hydrogen (secondary N) is 1. The van der Waals surface area contributed by atoms with Gasteiger partial charge in [0.2, 0.25) is 11.8 Å². The number of nitrogens with two attached hydrogens (primary N) is 1. The van der Waals surface area contributed by atoms with E-state index in [0.29, 0.717) is 25.8 Å². The van der Waals surface area contributed by atoms with E-state index < -0.39 is 0 Å². The lowest BCUT2D eigenvalue weighted by Gasteiger charge is -2.03. The summed E-state index contributed by atoms with van der Waals surface area (Å²) in [6.07, 6.45) is 3.42. The second kappa shape index (κ2) is 8.99. The summed E-state index contributed by atoms with van der Waals surface area (Å²) in [4.78, 5) is 21.5. The molecule has 0 aromatic carbocycles. The number of amides is 2. The van der Waals surface area contributed by atoms with Crippen LogP contribution in [0.4, 0.5) is 0 Å². The van der Waals surface area contributed by atoms with Crippen molar-refractivity contribution in [2.24, 2.45) is 5.73 Å². The second-order valence-corrected chi connectivity index (χ2v) is 3.86. The predicted octanol–water partition coefficient (Wildman–Crippen LogP) is 0.933. The van der Waals surface area contributed by atoms with Gasteiger partial charge in [0, 0.05) is 24.7 Å². The standard InChI is InChI=1S/C9H17BrN2O2/c10-6-2-1-5-9(14)12-7-3-4-8(11)13/h1-7H2,(H2,11,13)(H,12,14). The maximum absolute atomic E-state index is 11.1. The highest BCUT2D eigenvalue weighted by Crippen LogP contribution is 1.98. The van der Waals surface area contributed by atoms with Crippen molar-refractivity contribution >= 4 is 27.7 Å². The molecule has 0 saturated heterocycles. The van der Waals surface area contributed by atoms with Gasteiger partial charge < -0.3 is 11.1 Å². The lowest BCUT2D eigenvalue weighted by molar-refractivity contribution is -0.122. The Labute approximate surface area is 92.7 Å². The summed E-state index contributed by atoms with van der Waals surface area (Å²) in [7, 11) is 0. The largest absolute Gasteiger partial charge is 0.370 e. The third-order valence-electron chi connectivity index (χ3n) is 1.71. The zero-order chi connectivity index (χ0) is 10.8. The molecule has 0 fully saturated rings. The van der Waals surface area contributed by atoms with E-state index in [2.05, 4.69) is 21.2 Å². The summed E-state index contributed by atoms with van der Waals surface area (Å²) in [6, 6.07) is 0. The SMILES string of the molecule is NC(=O)CCCNC(=O)CCCCBr. The smallest absolute Gasteiger partial charge is 0.219 e. The van der Waals surface area contributed by atoms with Gasteiger partial charge >= 0.3 is 0 Å². The lowest BCUT2D eigenvalue weighted by atomic mass is 10.2. The quantitative estimate of drug-likeness (QED) is 0.506. The summed E-state index contributed by atoms with van der Waals surface area (Å²) >= 11 is 3.30. The molecule has 4 nitrogen and oxygen atoms in total. The van der Waals surface area contributed by atoms with Crippen molar-refractivity contribution in [2.45, 2.75) is 32.1 Å². The van der Waals surface area contributed by atoms with Gasteiger partial charge in [0.1, 0.15) is 0 Å². The molecule has 5 heteroatoms. The minimum Gasteiger partial charge on any atom is -0.370 e. The fourth-order valence-electron chi connectivity index (χ4n) is 0.959. The molecule has 0 rings (SSSR count). The third kappa shape index (κ3) is 9.51. The van der Waals surface area contributed by atoms with Gasteiger partial charge in [0.05, 0.1) is 0 Å². The summed E-state index contributed by atoms with van der Waals surface area (Å²) < 4.78 is 0. The fraction of sp³-hybridized carbons (Fsp3) is 0.778. The molecule has 0 bridgehead atoms. The van der Waals surface area contributed by atoms with Crippen LogP contribution < -0.4 is 11.1 Å². The highest BCUT2D eigenvalue weighted by atomic mass is 79.9. The fourth-order valence-corrected chi connectivity index (χ4v) is 1.36. The Morgan fingerprint density at radius 1 is 1.14 bits per heavy atom. The summed E-state index contributed by atoms with van der Waals surface area (Å²) in [5.74, 6) is -0.269. The van der Waals surface area contributed by atoms with Gasteiger partial charge in [-0.15, -0.1) is 0 Å². The van der Waals surface area contributed by atoms with E-state index in [1.807, 2.05) is 0 Å². The van der Waals surface area contributed by atoms with Crippen LogP contribution in [0.5, 0.6) is 0 Å². The summed E-state index contributed by atoms with van der Waals surface area (Å²) in [5, 5.41) is 3.67. The zero-order valence-electron chi connectivity index (χ0n) is 8.22. The van der Waals surface area contributed by atoms with Crippen LogP contribution >= 0.6 is 15.9 Å². The first-order chi connectivity index (χ1) is 6.66. The molecule has 3 N–H and O–H groups in total. The number of rotatable bonds is 8. The van der Waals surface area contributed by atoms with Gasteiger partial charge in [-0.3, -0.25) is 9.59 Å². The van der Waals surface area contributed by atoms with Gasteiger partial charge in [-0.25, -0.2) is 0 Å². The molecular formula is C9H17BrN2O2. The Morgan fingerprint density at radius 3 is 2.43 bits per heavy atom.